The molecule has 3 aromatic rings. The van der Waals surface area contributed by atoms with E-state index in [0.717, 1.165) is 29.5 Å². The molecule has 0 spiro atoms. The van der Waals surface area contributed by atoms with E-state index in [1.54, 1.807) is 17.0 Å². The van der Waals surface area contributed by atoms with Crippen LogP contribution in [-0.4, -0.2) is 17.9 Å². The second-order valence-corrected chi connectivity index (χ2v) is 8.07. The third-order valence-corrected chi connectivity index (χ3v) is 5.33. The van der Waals surface area contributed by atoms with Crippen molar-refractivity contribution in [3.8, 4) is 0 Å². The molecule has 1 aliphatic rings. The second-order valence-electron chi connectivity index (χ2n) is 8.07. The number of anilines is 1. The number of benzene rings is 3. The first-order valence-electron chi connectivity index (χ1n) is 10.5. The predicted molar refractivity (Wildman–Crippen MR) is 119 cm³/mol. The van der Waals surface area contributed by atoms with Gasteiger partial charge in [0.05, 0.1) is 13.0 Å². The highest BCUT2D eigenvalue weighted by Crippen LogP contribution is 2.23. The molecule has 2 amide bonds. The highest BCUT2D eigenvalue weighted by Gasteiger charge is 2.23. The minimum Gasteiger partial charge on any atom is -0.353 e. The first-order valence-corrected chi connectivity index (χ1v) is 10.5. The van der Waals surface area contributed by atoms with Crippen LogP contribution in [0.5, 0.6) is 0 Å². The van der Waals surface area contributed by atoms with Crippen LogP contribution >= 0.6 is 0 Å². The third kappa shape index (κ3) is 5.57. The predicted octanol–water partition coefficient (Wildman–Crippen LogP) is 4.80. The number of amides is 2. The number of nitrogens with one attached hydrogen (secondary N) is 1. The SMILES string of the molecule is Cc1ccc(C(=O)N(Cc2ccc(F)cc2)c2cccc(CC(=O)NC3CC3)c2)cc1. The second kappa shape index (κ2) is 9.13. The maximum atomic E-state index is 13.4. The maximum absolute atomic E-state index is 13.4. The van der Waals surface area contributed by atoms with Crippen LogP contribution in [0.25, 0.3) is 0 Å². The van der Waals surface area contributed by atoms with Gasteiger partial charge in [-0.1, -0.05) is 42.0 Å². The molecule has 5 heteroatoms. The van der Waals surface area contributed by atoms with Gasteiger partial charge in [-0.3, -0.25) is 9.59 Å². The van der Waals surface area contributed by atoms with Crippen molar-refractivity contribution in [1.82, 2.24) is 5.32 Å². The zero-order chi connectivity index (χ0) is 21.8. The van der Waals surface area contributed by atoms with E-state index in [2.05, 4.69) is 5.32 Å². The molecule has 0 atom stereocenters. The Morgan fingerprint density at radius 3 is 2.35 bits per heavy atom. The van der Waals surface area contributed by atoms with E-state index in [1.165, 1.54) is 12.1 Å². The molecule has 4 nitrogen and oxygen atoms in total. The molecule has 1 aliphatic carbocycles. The average molecular weight is 416 g/mol. The number of carbonyl (C=O) groups excluding carboxylic acids is 2. The molecule has 1 fully saturated rings. The van der Waals surface area contributed by atoms with Crippen LogP contribution in [0.3, 0.4) is 0 Å². The lowest BCUT2D eigenvalue weighted by molar-refractivity contribution is -0.120. The summed E-state index contributed by atoms with van der Waals surface area (Å²) in [6, 6.07) is 21.4. The zero-order valence-corrected chi connectivity index (χ0v) is 17.5. The first-order chi connectivity index (χ1) is 15.0. The molecule has 1 saturated carbocycles. The van der Waals surface area contributed by atoms with Crippen LogP contribution in [0, 0.1) is 12.7 Å². The summed E-state index contributed by atoms with van der Waals surface area (Å²) >= 11 is 0. The molecule has 0 saturated heterocycles. The highest BCUT2D eigenvalue weighted by atomic mass is 19.1. The lowest BCUT2D eigenvalue weighted by Crippen LogP contribution is -2.31. The Labute approximate surface area is 181 Å². The summed E-state index contributed by atoms with van der Waals surface area (Å²) in [4.78, 5) is 27.3. The molecule has 0 heterocycles. The number of aryl methyl sites for hydroxylation is 1. The summed E-state index contributed by atoms with van der Waals surface area (Å²) in [7, 11) is 0. The summed E-state index contributed by atoms with van der Waals surface area (Å²) in [6.07, 6.45) is 2.36. The first kappa shape index (κ1) is 20.8. The molecule has 31 heavy (non-hydrogen) atoms. The van der Waals surface area contributed by atoms with Crippen molar-refractivity contribution >= 4 is 17.5 Å². The summed E-state index contributed by atoms with van der Waals surface area (Å²) in [6.45, 7) is 2.27. The maximum Gasteiger partial charge on any atom is 0.258 e. The largest absolute Gasteiger partial charge is 0.353 e. The lowest BCUT2D eigenvalue weighted by Gasteiger charge is -2.24. The highest BCUT2D eigenvalue weighted by molar-refractivity contribution is 6.06. The minimum atomic E-state index is -0.316. The Morgan fingerprint density at radius 1 is 0.968 bits per heavy atom. The third-order valence-electron chi connectivity index (χ3n) is 5.33. The van der Waals surface area contributed by atoms with Gasteiger partial charge in [0.15, 0.2) is 0 Å². The summed E-state index contributed by atoms with van der Waals surface area (Å²) in [5, 5.41) is 3.00. The van der Waals surface area contributed by atoms with Crippen molar-refractivity contribution in [2.24, 2.45) is 0 Å². The molecule has 0 bridgehead atoms. The van der Waals surface area contributed by atoms with Gasteiger partial charge < -0.3 is 10.2 Å². The van der Waals surface area contributed by atoms with Crippen molar-refractivity contribution in [1.29, 1.82) is 0 Å². The molecular weight excluding hydrogens is 391 g/mol. The van der Waals surface area contributed by atoms with Gasteiger partial charge in [0.25, 0.3) is 5.91 Å². The Hall–Kier alpha value is -3.47. The van der Waals surface area contributed by atoms with E-state index in [1.807, 2.05) is 55.5 Å². The van der Waals surface area contributed by atoms with Crippen LogP contribution in [0.4, 0.5) is 10.1 Å². The van der Waals surface area contributed by atoms with E-state index >= 15 is 0 Å². The molecule has 3 aromatic carbocycles. The summed E-state index contributed by atoms with van der Waals surface area (Å²) < 4.78 is 13.4. The smallest absolute Gasteiger partial charge is 0.258 e. The Kier molecular flexibility index (Phi) is 6.12. The normalized spacial score (nSPS) is 13.0. The van der Waals surface area contributed by atoms with E-state index in [9.17, 15) is 14.0 Å². The number of hydrogen-bond acceptors (Lipinski definition) is 2. The molecule has 1 N–H and O–H groups in total. The van der Waals surface area contributed by atoms with Gasteiger partial charge in [-0.2, -0.15) is 0 Å². The molecule has 0 aromatic heterocycles. The molecule has 0 aliphatic heterocycles. The van der Waals surface area contributed by atoms with Crippen LogP contribution in [0.15, 0.2) is 72.8 Å². The van der Waals surface area contributed by atoms with E-state index in [-0.39, 0.29) is 24.1 Å². The lowest BCUT2D eigenvalue weighted by atomic mass is 10.1. The van der Waals surface area contributed by atoms with Crippen LogP contribution in [-0.2, 0) is 17.8 Å². The van der Waals surface area contributed by atoms with Gasteiger partial charge in [-0.05, 0) is 67.3 Å². The molecule has 4 rings (SSSR count). The van der Waals surface area contributed by atoms with E-state index < -0.39 is 0 Å². The van der Waals surface area contributed by atoms with Crippen molar-refractivity contribution in [2.75, 3.05) is 4.90 Å². The molecule has 0 radical (unpaired) electrons. The quantitative estimate of drug-likeness (QED) is 0.601. The van der Waals surface area contributed by atoms with Crippen molar-refractivity contribution in [3.63, 3.8) is 0 Å². The molecule has 158 valence electrons. The Bertz CT molecular complexity index is 1070. The van der Waals surface area contributed by atoms with Crippen molar-refractivity contribution in [2.45, 2.75) is 38.8 Å². The number of hydrogen-bond donors (Lipinski definition) is 1. The monoisotopic (exact) mass is 416 g/mol. The average Bonchev–Trinajstić information content (AvgIpc) is 3.57. The molecule has 0 unspecified atom stereocenters. The van der Waals surface area contributed by atoms with Crippen LogP contribution in [0.1, 0.15) is 39.9 Å². The standard InChI is InChI=1S/C26H25FN2O2/c1-18-5-9-21(10-6-18)26(31)29(17-19-7-11-22(27)12-8-19)24-4-2-3-20(15-24)16-25(30)28-23-13-14-23/h2-12,15,23H,13-14,16-17H2,1H3,(H,28,30). The number of halogens is 1. The van der Waals surface area contributed by atoms with Gasteiger partial charge in [0, 0.05) is 17.3 Å². The van der Waals surface area contributed by atoms with Crippen LogP contribution in [0.2, 0.25) is 0 Å². The summed E-state index contributed by atoms with van der Waals surface area (Å²) in [5.74, 6) is -0.470. The van der Waals surface area contributed by atoms with Gasteiger partial charge >= 0.3 is 0 Å². The minimum absolute atomic E-state index is 0.00500. The van der Waals surface area contributed by atoms with Gasteiger partial charge in [-0.15, -0.1) is 0 Å². The fourth-order valence-corrected chi connectivity index (χ4v) is 3.43. The van der Waals surface area contributed by atoms with Crippen molar-refractivity contribution in [3.05, 3.63) is 101 Å². The Morgan fingerprint density at radius 2 is 1.68 bits per heavy atom. The number of carbonyl (C=O) groups is 2. The number of nitrogens with zero attached hydrogens (tertiary/aromatic N) is 1. The zero-order valence-electron chi connectivity index (χ0n) is 17.5. The number of rotatable bonds is 7. The van der Waals surface area contributed by atoms with Gasteiger partial charge in [0.2, 0.25) is 5.91 Å². The fraction of sp³-hybridized carbons (Fsp3) is 0.231. The van der Waals surface area contributed by atoms with Crippen LogP contribution < -0.4 is 10.2 Å². The van der Waals surface area contributed by atoms with Crippen molar-refractivity contribution < 1.29 is 14.0 Å². The van der Waals surface area contributed by atoms with E-state index in [0.29, 0.717) is 23.8 Å². The molecular formula is C26H25FN2O2. The summed E-state index contributed by atoms with van der Waals surface area (Å²) in [5.41, 5.74) is 4.01. The Balaban J connectivity index is 1.61. The van der Waals surface area contributed by atoms with Gasteiger partial charge in [0.1, 0.15) is 5.82 Å². The topological polar surface area (TPSA) is 49.4 Å². The van der Waals surface area contributed by atoms with E-state index in [4.69, 9.17) is 0 Å². The fourth-order valence-electron chi connectivity index (χ4n) is 3.43. The van der Waals surface area contributed by atoms with Gasteiger partial charge in [-0.25, -0.2) is 4.39 Å².